The van der Waals surface area contributed by atoms with Crippen molar-refractivity contribution < 1.29 is 9.84 Å². The van der Waals surface area contributed by atoms with E-state index in [2.05, 4.69) is 10.1 Å². The topological polar surface area (TPSA) is 78.6 Å². The molecule has 1 atom stereocenters. The Kier molecular flexibility index (Phi) is 3.53. The van der Waals surface area contributed by atoms with E-state index < -0.39 is 6.04 Å². The Balaban J connectivity index is 2.12. The maximum atomic E-state index is 10.2. The summed E-state index contributed by atoms with van der Waals surface area (Å²) in [5.41, 5.74) is 8.86. The summed E-state index contributed by atoms with van der Waals surface area (Å²) >= 11 is 1.47. The number of phenolic OH excluding ortho intramolecular Hbond substituents is 1. The third kappa shape index (κ3) is 2.34. The first-order valence-electron chi connectivity index (χ1n) is 6.32. The Morgan fingerprint density at radius 1 is 1.24 bits per heavy atom. The van der Waals surface area contributed by atoms with E-state index in [-0.39, 0.29) is 5.75 Å². The van der Waals surface area contributed by atoms with Gasteiger partial charge >= 0.3 is 0 Å². The smallest absolute Gasteiger partial charge is 0.163 e. The number of ether oxygens (including phenoxy) is 1. The van der Waals surface area contributed by atoms with Crippen molar-refractivity contribution in [2.75, 3.05) is 7.11 Å². The second-order valence-corrected chi connectivity index (χ2v) is 5.51. The van der Waals surface area contributed by atoms with Crippen molar-refractivity contribution in [1.29, 1.82) is 5.53 Å². The van der Waals surface area contributed by atoms with E-state index in [1.807, 2.05) is 24.3 Å². The molecule has 3 rings (SSSR count). The number of nitrogens with one attached hydrogen (secondary N) is 1. The lowest BCUT2D eigenvalue weighted by atomic mass is 10.1. The monoisotopic (exact) mass is 299 g/mol. The summed E-state index contributed by atoms with van der Waals surface area (Å²) in [5.74, 6) is 0.363. The number of phenols is 1. The van der Waals surface area contributed by atoms with Gasteiger partial charge in [-0.1, -0.05) is 24.3 Å². The predicted molar refractivity (Wildman–Crippen MR) is 81.3 cm³/mol. The maximum Gasteiger partial charge on any atom is 0.163 e. The summed E-state index contributed by atoms with van der Waals surface area (Å²) in [6, 6.07) is 12.3. The van der Waals surface area contributed by atoms with Gasteiger partial charge in [0.2, 0.25) is 0 Å². The molecule has 0 fully saturated rings. The molecule has 0 aliphatic rings. The van der Waals surface area contributed by atoms with Crippen molar-refractivity contribution in [3.8, 4) is 11.5 Å². The predicted octanol–water partition coefficient (Wildman–Crippen LogP) is 4.13. The highest BCUT2D eigenvalue weighted by Gasteiger charge is 2.22. The fraction of sp³-hybridized carbons (Fsp3) is 0.133. The molecule has 0 bridgehead atoms. The Hall–Kier alpha value is -2.47. The van der Waals surface area contributed by atoms with Gasteiger partial charge < -0.3 is 9.84 Å². The van der Waals surface area contributed by atoms with Crippen molar-refractivity contribution in [3.05, 3.63) is 53.0 Å². The molecular formula is C15H13N3O2S. The second-order valence-electron chi connectivity index (χ2n) is 4.45. The van der Waals surface area contributed by atoms with E-state index in [4.69, 9.17) is 10.3 Å². The Labute approximate surface area is 125 Å². The van der Waals surface area contributed by atoms with Gasteiger partial charge in [0.15, 0.2) is 17.5 Å². The number of thiazole rings is 1. The van der Waals surface area contributed by atoms with Crippen LogP contribution in [0.2, 0.25) is 0 Å². The number of methoxy groups -OCH3 is 1. The molecule has 0 amide bonds. The molecule has 0 saturated heterocycles. The van der Waals surface area contributed by atoms with Gasteiger partial charge in [0.05, 0.1) is 17.3 Å². The van der Waals surface area contributed by atoms with Crippen LogP contribution in [-0.2, 0) is 0 Å². The molecule has 0 aliphatic carbocycles. The summed E-state index contributed by atoms with van der Waals surface area (Å²) in [4.78, 5) is 4.51. The number of aromatic hydroxyl groups is 1. The van der Waals surface area contributed by atoms with Crippen LogP contribution in [0.5, 0.6) is 11.5 Å². The molecule has 6 heteroatoms. The van der Waals surface area contributed by atoms with Crippen molar-refractivity contribution in [2.24, 2.45) is 5.11 Å². The lowest BCUT2D eigenvalue weighted by molar-refractivity contribution is 0.369. The number of rotatable bonds is 4. The lowest BCUT2D eigenvalue weighted by Gasteiger charge is -2.12. The van der Waals surface area contributed by atoms with Crippen LogP contribution in [0.15, 0.2) is 47.6 Å². The van der Waals surface area contributed by atoms with Crippen LogP contribution in [0.1, 0.15) is 16.6 Å². The van der Waals surface area contributed by atoms with Crippen LogP contribution in [0.3, 0.4) is 0 Å². The fourth-order valence-electron chi connectivity index (χ4n) is 2.19. The third-order valence-corrected chi connectivity index (χ3v) is 4.31. The molecule has 0 saturated carbocycles. The van der Waals surface area contributed by atoms with E-state index in [9.17, 15) is 5.11 Å². The summed E-state index contributed by atoms with van der Waals surface area (Å²) < 4.78 is 6.14. The van der Waals surface area contributed by atoms with Crippen LogP contribution in [-0.4, -0.2) is 17.2 Å². The third-order valence-electron chi connectivity index (χ3n) is 3.22. The van der Waals surface area contributed by atoms with E-state index >= 15 is 0 Å². The van der Waals surface area contributed by atoms with Crippen molar-refractivity contribution in [1.82, 2.24) is 4.98 Å². The van der Waals surface area contributed by atoms with E-state index in [1.54, 1.807) is 18.2 Å². The molecule has 106 valence electrons. The average molecular weight is 299 g/mol. The van der Waals surface area contributed by atoms with Gasteiger partial charge in [0.1, 0.15) is 5.01 Å². The lowest BCUT2D eigenvalue weighted by Crippen LogP contribution is -1.98. The number of benzene rings is 2. The van der Waals surface area contributed by atoms with Crippen LogP contribution in [0.25, 0.3) is 10.2 Å². The van der Waals surface area contributed by atoms with Crippen molar-refractivity contribution >= 4 is 21.6 Å². The maximum absolute atomic E-state index is 10.2. The van der Waals surface area contributed by atoms with Gasteiger partial charge in [0.25, 0.3) is 0 Å². The van der Waals surface area contributed by atoms with Crippen LogP contribution >= 0.6 is 11.3 Å². The Morgan fingerprint density at radius 3 is 2.76 bits per heavy atom. The molecular weight excluding hydrogens is 286 g/mol. The first-order chi connectivity index (χ1) is 10.2. The molecule has 5 nitrogen and oxygen atoms in total. The quantitative estimate of drug-likeness (QED) is 0.711. The zero-order chi connectivity index (χ0) is 14.8. The summed E-state index contributed by atoms with van der Waals surface area (Å²) in [6.07, 6.45) is 0. The number of fused-ring (bicyclic) bond motifs is 1. The van der Waals surface area contributed by atoms with Gasteiger partial charge in [-0.05, 0) is 18.2 Å². The number of nitrogens with zero attached hydrogens (tertiary/aromatic N) is 2. The van der Waals surface area contributed by atoms with Gasteiger partial charge in [-0.25, -0.2) is 10.5 Å². The van der Waals surface area contributed by atoms with E-state index in [0.717, 1.165) is 10.2 Å². The molecule has 2 N–H and O–H groups in total. The van der Waals surface area contributed by atoms with Crippen molar-refractivity contribution in [3.63, 3.8) is 0 Å². The van der Waals surface area contributed by atoms with Crippen LogP contribution in [0.4, 0.5) is 0 Å². The van der Waals surface area contributed by atoms with E-state index in [1.165, 1.54) is 18.4 Å². The van der Waals surface area contributed by atoms with Gasteiger partial charge in [-0.2, -0.15) is 5.11 Å². The van der Waals surface area contributed by atoms with Gasteiger partial charge in [-0.15, -0.1) is 11.3 Å². The fourth-order valence-corrected chi connectivity index (χ4v) is 3.21. The largest absolute Gasteiger partial charge is 0.504 e. The van der Waals surface area contributed by atoms with Gasteiger partial charge in [-0.3, -0.25) is 0 Å². The molecule has 0 aliphatic heterocycles. The number of para-hydroxylation sites is 2. The Morgan fingerprint density at radius 2 is 2.05 bits per heavy atom. The molecule has 1 aromatic heterocycles. The summed E-state index contributed by atoms with van der Waals surface area (Å²) in [5, 5.41) is 14.6. The first kappa shape index (κ1) is 13.5. The highest BCUT2D eigenvalue weighted by Crippen LogP contribution is 2.40. The highest BCUT2D eigenvalue weighted by molar-refractivity contribution is 7.18. The molecule has 1 unspecified atom stereocenters. The zero-order valence-corrected chi connectivity index (χ0v) is 12.1. The average Bonchev–Trinajstić information content (AvgIpc) is 2.93. The normalized spacial score (nSPS) is 12.2. The minimum Gasteiger partial charge on any atom is -0.504 e. The number of aromatic nitrogens is 1. The van der Waals surface area contributed by atoms with Crippen LogP contribution in [0, 0.1) is 5.53 Å². The summed E-state index contributed by atoms with van der Waals surface area (Å²) in [6.45, 7) is 0. The highest BCUT2D eigenvalue weighted by atomic mass is 32.1. The molecule has 1 heterocycles. The molecule has 2 aromatic carbocycles. The molecule has 0 radical (unpaired) electrons. The van der Waals surface area contributed by atoms with Crippen molar-refractivity contribution in [2.45, 2.75) is 6.04 Å². The van der Waals surface area contributed by atoms with Gasteiger partial charge in [0, 0.05) is 5.56 Å². The zero-order valence-electron chi connectivity index (χ0n) is 11.3. The number of hydrogen-bond donors (Lipinski definition) is 2. The first-order valence-corrected chi connectivity index (χ1v) is 7.14. The SMILES string of the molecule is COc1cccc(C(N=N)c2nc3ccccc3s2)c1O. The number of hydrogen-bond acceptors (Lipinski definition) is 6. The second kappa shape index (κ2) is 5.49. The molecule has 3 aromatic rings. The standard InChI is InChI=1S/C15H13N3O2S/c1-20-11-7-4-5-9(14(11)19)13(18-16)15-17-10-6-2-3-8-12(10)21-15/h2-8,13,16,19H,1H3. The minimum atomic E-state index is -0.627. The Bertz CT molecular complexity index is 767. The molecule has 21 heavy (non-hydrogen) atoms. The summed E-state index contributed by atoms with van der Waals surface area (Å²) in [7, 11) is 1.49. The van der Waals surface area contributed by atoms with Crippen LogP contribution < -0.4 is 4.74 Å². The minimum absolute atomic E-state index is 0.000237. The molecule has 0 spiro atoms. The van der Waals surface area contributed by atoms with E-state index in [0.29, 0.717) is 16.3 Å².